The lowest BCUT2D eigenvalue weighted by molar-refractivity contribution is -0.132. The van der Waals surface area contributed by atoms with E-state index in [2.05, 4.69) is 0 Å². The molecule has 1 aliphatic rings. The molecule has 1 aliphatic heterocycles. The lowest BCUT2D eigenvalue weighted by atomic mass is 9.92. The van der Waals surface area contributed by atoms with Gasteiger partial charge in [-0.25, -0.2) is 8.78 Å². The maximum Gasteiger partial charge on any atom is 0.300 e. The second kappa shape index (κ2) is 8.67. The Morgan fingerprint density at radius 1 is 1.03 bits per heavy atom. The van der Waals surface area contributed by atoms with Gasteiger partial charge in [0.15, 0.2) is 11.6 Å². The van der Waals surface area contributed by atoms with Crippen LogP contribution in [0.15, 0.2) is 66.2 Å². The largest absolute Gasteiger partial charge is 0.507 e. The third-order valence-electron chi connectivity index (χ3n) is 5.53. The molecule has 0 aromatic heterocycles. The molecular formula is C25H18ClF2NO4. The van der Waals surface area contributed by atoms with Crippen molar-refractivity contribution in [3.8, 4) is 5.75 Å². The molecule has 3 aromatic rings. The number of hydrogen-bond acceptors (Lipinski definition) is 4. The van der Waals surface area contributed by atoms with E-state index >= 15 is 0 Å². The van der Waals surface area contributed by atoms with Gasteiger partial charge in [-0.3, -0.25) is 14.5 Å². The number of methoxy groups -OCH3 is 1. The molecule has 33 heavy (non-hydrogen) atoms. The zero-order chi connectivity index (χ0) is 23.9. The van der Waals surface area contributed by atoms with E-state index in [1.54, 1.807) is 31.2 Å². The van der Waals surface area contributed by atoms with E-state index in [0.717, 1.165) is 22.6 Å². The minimum absolute atomic E-state index is 0.0175. The van der Waals surface area contributed by atoms with Gasteiger partial charge < -0.3 is 9.84 Å². The molecule has 1 amide bonds. The number of aryl methyl sites for hydroxylation is 1. The monoisotopic (exact) mass is 469 g/mol. The summed E-state index contributed by atoms with van der Waals surface area (Å²) in [6.07, 6.45) is 0. The number of hydrogen-bond donors (Lipinski definition) is 1. The first kappa shape index (κ1) is 22.5. The summed E-state index contributed by atoms with van der Waals surface area (Å²) in [5, 5.41) is 11.3. The van der Waals surface area contributed by atoms with Gasteiger partial charge in [0.1, 0.15) is 11.5 Å². The lowest BCUT2D eigenvalue weighted by Crippen LogP contribution is -2.30. The molecule has 5 nitrogen and oxygen atoms in total. The summed E-state index contributed by atoms with van der Waals surface area (Å²) in [5.74, 6) is -4.27. The highest BCUT2D eigenvalue weighted by molar-refractivity contribution is 6.51. The molecule has 0 radical (unpaired) electrons. The highest BCUT2D eigenvalue weighted by Gasteiger charge is 2.47. The van der Waals surface area contributed by atoms with Crippen molar-refractivity contribution in [3.05, 3.63) is 99.6 Å². The van der Waals surface area contributed by atoms with E-state index in [-0.39, 0.29) is 21.8 Å². The number of carbonyl (C=O) groups excluding carboxylic acids is 2. The molecule has 1 saturated heterocycles. The first-order valence-electron chi connectivity index (χ1n) is 9.90. The van der Waals surface area contributed by atoms with E-state index in [0.29, 0.717) is 11.3 Å². The number of Topliss-reactive ketones (excluding diaryl/α,β-unsaturated/α-hetero) is 1. The molecular weight excluding hydrogens is 452 g/mol. The third-order valence-corrected chi connectivity index (χ3v) is 5.83. The predicted molar refractivity (Wildman–Crippen MR) is 120 cm³/mol. The van der Waals surface area contributed by atoms with E-state index in [4.69, 9.17) is 16.3 Å². The Labute approximate surface area is 193 Å². The average molecular weight is 470 g/mol. The molecule has 168 valence electrons. The summed E-state index contributed by atoms with van der Waals surface area (Å²) in [6.45, 7) is 1.78. The summed E-state index contributed by atoms with van der Waals surface area (Å²) < 4.78 is 32.7. The van der Waals surface area contributed by atoms with Gasteiger partial charge in [-0.15, -0.1) is 0 Å². The first-order chi connectivity index (χ1) is 15.7. The van der Waals surface area contributed by atoms with Crippen molar-refractivity contribution < 1.29 is 28.2 Å². The van der Waals surface area contributed by atoms with Crippen molar-refractivity contribution in [2.75, 3.05) is 12.0 Å². The number of anilines is 1. The first-order valence-corrected chi connectivity index (χ1v) is 10.3. The van der Waals surface area contributed by atoms with Crippen LogP contribution in [-0.2, 0) is 9.59 Å². The fourth-order valence-corrected chi connectivity index (χ4v) is 4.15. The molecule has 1 unspecified atom stereocenters. The molecule has 0 aliphatic carbocycles. The van der Waals surface area contributed by atoms with E-state index in [1.807, 2.05) is 0 Å². The van der Waals surface area contributed by atoms with Crippen molar-refractivity contribution >= 4 is 34.7 Å². The van der Waals surface area contributed by atoms with Crippen LogP contribution in [0.4, 0.5) is 14.5 Å². The van der Waals surface area contributed by atoms with Gasteiger partial charge in [-0.1, -0.05) is 35.9 Å². The Bertz CT molecular complexity index is 1320. The quantitative estimate of drug-likeness (QED) is 0.308. The molecule has 1 fully saturated rings. The molecule has 1 heterocycles. The number of benzene rings is 3. The minimum Gasteiger partial charge on any atom is -0.507 e. The molecule has 0 saturated carbocycles. The number of amides is 1. The fraction of sp³-hybridized carbons (Fsp3) is 0.120. The second-order valence-corrected chi connectivity index (χ2v) is 7.88. The van der Waals surface area contributed by atoms with Crippen molar-refractivity contribution in [1.82, 2.24) is 0 Å². The molecule has 0 spiro atoms. The zero-order valence-corrected chi connectivity index (χ0v) is 18.4. The van der Waals surface area contributed by atoms with E-state index in [9.17, 15) is 23.5 Å². The number of carbonyl (C=O) groups is 2. The number of ketones is 1. The van der Waals surface area contributed by atoms with Gasteiger partial charge in [0.25, 0.3) is 11.7 Å². The Balaban J connectivity index is 1.97. The summed E-state index contributed by atoms with van der Waals surface area (Å²) >= 11 is 6.18. The zero-order valence-electron chi connectivity index (χ0n) is 17.6. The number of ether oxygens (including phenoxy) is 1. The number of rotatable bonds is 4. The van der Waals surface area contributed by atoms with Crippen LogP contribution in [0.5, 0.6) is 5.75 Å². The number of aliphatic hydroxyl groups excluding tert-OH is 1. The third kappa shape index (κ3) is 3.85. The number of aliphatic hydroxyl groups is 1. The molecule has 3 aromatic carbocycles. The van der Waals surface area contributed by atoms with Crippen LogP contribution in [0.1, 0.15) is 22.7 Å². The Hall–Kier alpha value is -3.71. The highest BCUT2D eigenvalue weighted by Crippen LogP contribution is 2.43. The smallest absolute Gasteiger partial charge is 0.300 e. The predicted octanol–water partition coefficient (Wildman–Crippen LogP) is 5.56. The normalized spacial score (nSPS) is 17.5. The van der Waals surface area contributed by atoms with Crippen LogP contribution < -0.4 is 9.64 Å². The van der Waals surface area contributed by atoms with Crippen LogP contribution in [0.25, 0.3) is 5.76 Å². The average Bonchev–Trinajstić information content (AvgIpc) is 3.06. The molecule has 1 atom stereocenters. The maximum atomic E-state index is 14.0. The molecule has 0 bridgehead atoms. The highest BCUT2D eigenvalue weighted by atomic mass is 35.5. The van der Waals surface area contributed by atoms with Crippen molar-refractivity contribution in [3.63, 3.8) is 0 Å². The van der Waals surface area contributed by atoms with Crippen LogP contribution in [0.3, 0.4) is 0 Å². The number of halogens is 3. The van der Waals surface area contributed by atoms with Crippen molar-refractivity contribution in [1.29, 1.82) is 0 Å². The van der Waals surface area contributed by atoms with E-state index in [1.165, 1.54) is 31.4 Å². The maximum absolute atomic E-state index is 14.0. The summed E-state index contributed by atoms with van der Waals surface area (Å²) in [7, 11) is 1.44. The van der Waals surface area contributed by atoms with Crippen LogP contribution in [0.2, 0.25) is 5.02 Å². The van der Waals surface area contributed by atoms with Gasteiger partial charge in [0, 0.05) is 17.3 Å². The van der Waals surface area contributed by atoms with Crippen LogP contribution >= 0.6 is 11.6 Å². The fourth-order valence-electron chi connectivity index (χ4n) is 3.89. The summed E-state index contributed by atoms with van der Waals surface area (Å²) in [6, 6.07) is 13.3. The van der Waals surface area contributed by atoms with Gasteiger partial charge >= 0.3 is 0 Å². The Morgan fingerprint density at radius 2 is 1.76 bits per heavy atom. The van der Waals surface area contributed by atoms with Crippen molar-refractivity contribution in [2.24, 2.45) is 0 Å². The van der Waals surface area contributed by atoms with Crippen LogP contribution in [-0.4, -0.2) is 23.9 Å². The van der Waals surface area contributed by atoms with Gasteiger partial charge in [-0.2, -0.15) is 0 Å². The molecule has 8 heteroatoms. The second-order valence-electron chi connectivity index (χ2n) is 7.47. The Morgan fingerprint density at radius 3 is 2.39 bits per heavy atom. The molecule has 4 rings (SSSR count). The minimum atomic E-state index is -1.17. The van der Waals surface area contributed by atoms with E-state index < -0.39 is 35.1 Å². The molecule has 1 N–H and O–H groups in total. The van der Waals surface area contributed by atoms with Crippen LogP contribution in [0, 0.1) is 18.6 Å². The topological polar surface area (TPSA) is 66.8 Å². The SMILES string of the molecule is COc1ccc(/C(O)=C2\C(=O)C(=O)N(c3ccc(F)c(F)c3)C2c2ccccc2C)cc1Cl. The standard InChI is InChI=1S/C25H18ClF2NO4/c1-13-5-3-4-6-16(13)22-21(23(30)14-7-10-20(33-2)17(26)11-14)24(31)25(32)29(22)15-8-9-18(27)19(28)12-15/h3-12,22,30H,1-2H3/b23-21+. The lowest BCUT2D eigenvalue weighted by Gasteiger charge is -2.26. The van der Waals surface area contributed by atoms with Gasteiger partial charge in [0.2, 0.25) is 0 Å². The van der Waals surface area contributed by atoms with Gasteiger partial charge in [0.05, 0.1) is 23.7 Å². The van der Waals surface area contributed by atoms with Crippen molar-refractivity contribution in [2.45, 2.75) is 13.0 Å². The number of nitrogens with zero attached hydrogens (tertiary/aromatic N) is 1. The summed E-state index contributed by atoms with van der Waals surface area (Å²) in [5.41, 5.74) is 1.26. The van der Waals surface area contributed by atoms with Gasteiger partial charge in [-0.05, 0) is 48.4 Å². The Kier molecular flexibility index (Phi) is 5.91. The summed E-state index contributed by atoms with van der Waals surface area (Å²) in [4.78, 5) is 27.3.